The molecule has 5 nitrogen and oxygen atoms in total. The molecule has 0 aliphatic heterocycles. The molecule has 0 aromatic heterocycles. The van der Waals surface area contributed by atoms with Gasteiger partial charge in [-0.05, 0) is 79.5 Å². The Labute approximate surface area is 159 Å². The van der Waals surface area contributed by atoms with Gasteiger partial charge in [0, 0.05) is 5.41 Å². The Morgan fingerprint density at radius 2 is 2.00 bits per heavy atom. The number of carbonyl (C=O) groups excluding carboxylic acids is 1. The van der Waals surface area contributed by atoms with E-state index in [0.29, 0.717) is 23.5 Å². The zero-order chi connectivity index (χ0) is 19.2. The number of aryl methyl sites for hydroxylation is 1. The van der Waals surface area contributed by atoms with Crippen LogP contribution < -0.4 is 0 Å². The number of fused-ring (bicyclic) bond motifs is 5. The lowest BCUT2D eigenvalue weighted by Crippen LogP contribution is -2.45. The van der Waals surface area contributed by atoms with Gasteiger partial charge in [-0.25, -0.2) is 0 Å². The zero-order valence-electron chi connectivity index (χ0n) is 15.8. The van der Waals surface area contributed by atoms with Gasteiger partial charge in [-0.1, -0.05) is 13.0 Å². The van der Waals surface area contributed by atoms with Crippen LogP contribution in [-0.2, 0) is 20.7 Å². The van der Waals surface area contributed by atoms with Crippen LogP contribution in [0.1, 0.15) is 68.9 Å². The van der Waals surface area contributed by atoms with Gasteiger partial charge < -0.3 is 14.9 Å². The number of carbonyl (C=O) groups is 2. The SMILES string of the molecule is C[C@]12CCC3c4ccc(O)cc4CCC3C1CC[C@@H]2OC(=O)CCC(=O)O. The Bertz CT molecular complexity index is 757. The zero-order valence-corrected chi connectivity index (χ0v) is 15.8. The Hall–Kier alpha value is -2.04. The number of aliphatic carboxylic acids is 1. The van der Waals surface area contributed by atoms with Crippen LogP contribution in [0, 0.1) is 17.3 Å². The highest BCUT2D eigenvalue weighted by Crippen LogP contribution is 2.61. The molecule has 1 aromatic rings. The number of benzene rings is 1. The fraction of sp³-hybridized carbons (Fsp3) is 0.636. The van der Waals surface area contributed by atoms with Crippen molar-refractivity contribution in [1.82, 2.24) is 0 Å². The minimum absolute atomic E-state index is 0.00548. The smallest absolute Gasteiger partial charge is 0.306 e. The first kappa shape index (κ1) is 18.3. The van der Waals surface area contributed by atoms with E-state index in [9.17, 15) is 14.7 Å². The molecule has 3 aliphatic rings. The molecule has 0 heterocycles. The third-order valence-electron chi connectivity index (χ3n) is 7.44. The highest BCUT2D eigenvalue weighted by molar-refractivity contribution is 5.76. The van der Waals surface area contributed by atoms with Crippen LogP contribution in [0.5, 0.6) is 5.75 Å². The number of hydrogen-bond acceptors (Lipinski definition) is 4. The second-order valence-electron chi connectivity index (χ2n) is 8.79. The number of aromatic hydroxyl groups is 1. The predicted molar refractivity (Wildman–Crippen MR) is 99.5 cm³/mol. The lowest BCUT2D eigenvalue weighted by molar-refractivity contribution is -0.159. The van der Waals surface area contributed by atoms with Gasteiger partial charge in [-0.3, -0.25) is 9.59 Å². The number of hydrogen-bond donors (Lipinski definition) is 2. The van der Waals surface area contributed by atoms with E-state index < -0.39 is 5.97 Å². The maximum Gasteiger partial charge on any atom is 0.306 e. The van der Waals surface area contributed by atoms with E-state index in [-0.39, 0.29) is 30.3 Å². The quantitative estimate of drug-likeness (QED) is 0.780. The summed E-state index contributed by atoms with van der Waals surface area (Å²) in [4.78, 5) is 22.8. The van der Waals surface area contributed by atoms with Gasteiger partial charge in [0.05, 0.1) is 12.8 Å². The summed E-state index contributed by atoms with van der Waals surface area (Å²) in [6.45, 7) is 2.27. The van der Waals surface area contributed by atoms with E-state index in [1.165, 1.54) is 11.1 Å². The molecule has 2 fully saturated rings. The Balaban J connectivity index is 1.49. The first-order valence-corrected chi connectivity index (χ1v) is 10.1. The van der Waals surface area contributed by atoms with Crippen LogP contribution in [0.25, 0.3) is 0 Å². The van der Waals surface area contributed by atoms with Crippen molar-refractivity contribution in [3.63, 3.8) is 0 Å². The Morgan fingerprint density at radius 1 is 1.19 bits per heavy atom. The van der Waals surface area contributed by atoms with E-state index >= 15 is 0 Å². The van der Waals surface area contributed by atoms with Crippen LogP contribution in [0.3, 0.4) is 0 Å². The minimum Gasteiger partial charge on any atom is -0.508 e. The van der Waals surface area contributed by atoms with Gasteiger partial charge in [0.1, 0.15) is 11.9 Å². The summed E-state index contributed by atoms with van der Waals surface area (Å²) in [5.41, 5.74) is 2.68. The van der Waals surface area contributed by atoms with E-state index in [0.717, 1.165) is 38.5 Å². The van der Waals surface area contributed by atoms with Crippen LogP contribution in [0.15, 0.2) is 18.2 Å². The number of carboxylic acid groups (broad SMARTS) is 1. The van der Waals surface area contributed by atoms with Gasteiger partial charge in [0.2, 0.25) is 0 Å². The molecule has 0 radical (unpaired) electrons. The summed E-state index contributed by atoms with van der Waals surface area (Å²) in [6.07, 6.45) is 5.88. The van der Waals surface area contributed by atoms with Gasteiger partial charge in [-0.2, -0.15) is 0 Å². The monoisotopic (exact) mass is 372 g/mol. The van der Waals surface area contributed by atoms with E-state index in [2.05, 4.69) is 13.0 Å². The largest absolute Gasteiger partial charge is 0.508 e. The normalized spacial score (nSPS) is 34.3. The summed E-state index contributed by atoms with van der Waals surface area (Å²) in [5.74, 6) is 0.681. The molecule has 2 N–H and O–H groups in total. The van der Waals surface area contributed by atoms with E-state index in [1.54, 1.807) is 6.07 Å². The van der Waals surface area contributed by atoms with Crippen LogP contribution in [0.4, 0.5) is 0 Å². The highest BCUT2D eigenvalue weighted by Gasteiger charge is 2.56. The van der Waals surface area contributed by atoms with Crippen molar-refractivity contribution in [2.45, 2.75) is 70.3 Å². The fourth-order valence-corrected chi connectivity index (χ4v) is 6.14. The molecule has 27 heavy (non-hydrogen) atoms. The topological polar surface area (TPSA) is 83.8 Å². The highest BCUT2D eigenvalue weighted by atomic mass is 16.5. The molecule has 3 unspecified atom stereocenters. The van der Waals surface area contributed by atoms with Crippen LogP contribution in [-0.4, -0.2) is 28.3 Å². The summed E-state index contributed by atoms with van der Waals surface area (Å²) in [6, 6.07) is 5.82. The van der Waals surface area contributed by atoms with Gasteiger partial charge in [0.25, 0.3) is 0 Å². The second-order valence-corrected chi connectivity index (χ2v) is 8.79. The van der Waals surface area contributed by atoms with Crippen molar-refractivity contribution in [2.24, 2.45) is 17.3 Å². The van der Waals surface area contributed by atoms with Crippen molar-refractivity contribution in [3.05, 3.63) is 29.3 Å². The molecule has 0 bridgehead atoms. The number of ether oxygens (including phenoxy) is 1. The molecule has 3 aliphatic carbocycles. The van der Waals surface area contributed by atoms with Crippen molar-refractivity contribution >= 4 is 11.9 Å². The average molecular weight is 372 g/mol. The summed E-state index contributed by atoms with van der Waals surface area (Å²) < 4.78 is 5.76. The molecule has 0 amide bonds. The maximum absolute atomic E-state index is 12.1. The van der Waals surface area contributed by atoms with E-state index in [4.69, 9.17) is 9.84 Å². The van der Waals surface area contributed by atoms with Crippen LogP contribution in [0.2, 0.25) is 0 Å². The van der Waals surface area contributed by atoms with Gasteiger partial charge in [0.15, 0.2) is 0 Å². The number of phenols is 1. The molecule has 0 saturated heterocycles. The molecule has 1 aromatic carbocycles. The third-order valence-corrected chi connectivity index (χ3v) is 7.44. The Kier molecular flexibility index (Phi) is 4.65. The second kappa shape index (κ2) is 6.84. The lowest BCUT2D eigenvalue weighted by Gasteiger charge is -2.50. The van der Waals surface area contributed by atoms with Crippen molar-refractivity contribution in [2.75, 3.05) is 0 Å². The average Bonchev–Trinajstić information content (AvgIpc) is 2.96. The lowest BCUT2D eigenvalue weighted by atomic mass is 9.55. The van der Waals surface area contributed by atoms with Crippen LogP contribution >= 0.6 is 0 Å². The van der Waals surface area contributed by atoms with Crippen molar-refractivity contribution in [3.8, 4) is 5.75 Å². The first-order chi connectivity index (χ1) is 12.9. The number of rotatable bonds is 4. The van der Waals surface area contributed by atoms with Crippen molar-refractivity contribution < 1.29 is 24.5 Å². The third kappa shape index (κ3) is 3.21. The summed E-state index contributed by atoms with van der Waals surface area (Å²) in [5, 5.41) is 18.6. The van der Waals surface area contributed by atoms with Gasteiger partial charge in [-0.15, -0.1) is 0 Å². The molecule has 0 spiro atoms. The molecular formula is C22H28O5. The molecular weight excluding hydrogens is 344 g/mol. The number of phenolic OH excluding ortho intramolecular Hbond substituents is 1. The Morgan fingerprint density at radius 3 is 2.78 bits per heavy atom. The molecule has 5 heteroatoms. The summed E-state index contributed by atoms with van der Waals surface area (Å²) in [7, 11) is 0. The standard InChI is InChI=1S/C22H28O5/c1-22-11-10-16-15-5-3-14(23)12-13(15)2-4-17(16)18(22)6-7-19(22)27-21(26)9-8-20(24)25/h3,5,12,16-19,23H,2,4,6-11H2,1H3,(H,24,25)/t16?,17?,18?,19-,22-/m0/s1. The number of carboxylic acids is 1. The molecule has 5 atom stereocenters. The fourth-order valence-electron chi connectivity index (χ4n) is 6.14. The molecule has 2 saturated carbocycles. The van der Waals surface area contributed by atoms with Crippen molar-refractivity contribution in [1.29, 1.82) is 0 Å². The van der Waals surface area contributed by atoms with E-state index in [1.807, 2.05) is 6.07 Å². The van der Waals surface area contributed by atoms with Gasteiger partial charge >= 0.3 is 11.9 Å². The molecule has 4 rings (SSSR count). The molecule has 146 valence electrons. The summed E-state index contributed by atoms with van der Waals surface area (Å²) >= 11 is 0. The minimum atomic E-state index is -0.963. The number of esters is 1. The maximum atomic E-state index is 12.1. The first-order valence-electron chi connectivity index (χ1n) is 10.1. The predicted octanol–water partition coefficient (Wildman–Crippen LogP) is 4.02.